The fraction of sp³-hybridized carbons (Fsp3) is 0.400. The van der Waals surface area contributed by atoms with Crippen LogP contribution in [0.25, 0.3) is 0 Å². The maximum atomic E-state index is 12.0. The van der Waals surface area contributed by atoms with E-state index in [0.29, 0.717) is 17.8 Å². The molecule has 6 nitrogen and oxygen atoms in total. The first-order chi connectivity index (χ1) is 9.86. The van der Waals surface area contributed by atoms with Gasteiger partial charge in [-0.25, -0.2) is 0 Å². The quantitative estimate of drug-likeness (QED) is 0.744. The van der Waals surface area contributed by atoms with Gasteiger partial charge in [0.25, 0.3) is 5.91 Å². The van der Waals surface area contributed by atoms with Crippen LogP contribution in [0, 0.1) is 11.8 Å². The number of carboxylic acid groups (broad SMARTS) is 1. The van der Waals surface area contributed by atoms with Crippen LogP contribution in [-0.2, 0) is 9.59 Å². The molecule has 1 aromatic rings. The largest absolute Gasteiger partial charge is 0.481 e. The number of anilines is 1. The molecule has 2 atom stereocenters. The molecule has 0 saturated heterocycles. The smallest absolute Gasteiger partial charge is 0.307 e. The molecule has 0 fully saturated rings. The van der Waals surface area contributed by atoms with E-state index in [-0.39, 0.29) is 5.91 Å². The van der Waals surface area contributed by atoms with Crippen LogP contribution in [0.3, 0.4) is 0 Å². The molecule has 0 aliphatic rings. The van der Waals surface area contributed by atoms with Gasteiger partial charge >= 0.3 is 5.97 Å². The molecule has 0 spiro atoms. The van der Waals surface area contributed by atoms with Gasteiger partial charge in [-0.15, -0.1) is 0 Å². The first-order valence-corrected chi connectivity index (χ1v) is 6.78. The molecule has 6 heteroatoms. The van der Waals surface area contributed by atoms with Gasteiger partial charge in [0, 0.05) is 23.7 Å². The lowest BCUT2D eigenvalue weighted by Gasteiger charge is -2.16. The first-order valence-electron chi connectivity index (χ1n) is 6.78. The number of aliphatic carboxylic acids is 1. The Morgan fingerprint density at radius 2 is 1.86 bits per heavy atom. The van der Waals surface area contributed by atoms with Crippen LogP contribution in [0.4, 0.5) is 5.69 Å². The number of carbonyl (C=O) groups is 3. The van der Waals surface area contributed by atoms with Crippen molar-refractivity contribution in [1.29, 1.82) is 0 Å². The van der Waals surface area contributed by atoms with E-state index in [1.807, 2.05) is 6.92 Å². The highest BCUT2D eigenvalue weighted by atomic mass is 16.4. The van der Waals surface area contributed by atoms with Gasteiger partial charge in [0.1, 0.15) is 0 Å². The second-order valence-electron chi connectivity index (χ2n) is 4.85. The third-order valence-electron chi connectivity index (χ3n) is 3.28. The molecule has 1 rings (SSSR count). The molecule has 1 aromatic carbocycles. The number of benzene rings is 1. The van der Waals surface area contributed by atoms with E-state index in [4.69, 9.17) is 5.11 Å². The Labute approximate surface area is 123 Å². The zero-order valence-corrected chi connectivity index (χ0v) is 12.3. The highest BCUT2D eigenvalue weighted by Gasteiger charge is 2.25. The molecule has 0 heterocycles. The molecule has 0 bridgehead atoms. The Kier molecular flexibility index (Phi) is 5.90. The van der Waals surface area contributed by atoms with Crippen LogP contribution < -0.4 is 10.6 Å². The maximum absolute atomic E-state index is 12.0. The molecule has 0 radical (unpaired) electrons. The zero-order chi connectivity index (χ0) is 16.0. The number of rotatable bonds is 6. The fourth-order valence-electron chi connectivity index (χ4n) is 1.70. The third kappa shape index (κ3) is 4.59. The summed E-state index contributed by atoms with van der Waals surface area (Å²) in [5.74, 6) is -3.08. The van der Waals surface area contributed by atoms with Gasteiger partial charge in [-0.1, -0.05) is 19.9 Å². The fourth-order valence-corrected chi connectivity index (χ4v) is 1.70. The van der Waals surface area contributed by atoms with Crippen molar-refractivity contribution in [3.8, 4) is 0 Å². The van der Waals surface area contributed by atoms with Crippen LogP contribution in [0.1, 0.15) is 31.1 Å². The standard InChI is InChI=1S/C15H20N2O4/c1-4-16-14(19)11-6-5-7-12(8-11)17-13(18)9(2)10(3)15(20)21/h5-10H,4H2,1-3H3,(H,16,19)(H,17,18)(H,20,21). The second kappa shape index (κ2) is 7.42. The van der Waals surface area contributed by atoms with Gasteiger partial charge in [0.05, 0.1) is 5.92 Å². The summed E-state index contributed by atoms with van der Waals surface area (Å²) in [6, 6.07) is 6.51. The first kappa shape index (κ1) is 16.7. The molecule has 0 saturated carbocycles. The number of nitrogens with one attached hydrogen (secondary N) is 2. The molecule has 0 aliphatic heterocycles. The van der Waals surface area contributed by atoms with Crippen LogP contribution in [0.2, 0.25) is 0 Å². The number of carboxylic acids is 1. The van der Waals surface area contributed by atoms with Crippen molar-refractivity contribution >= 4 is 23.5 Å². The predicted octanol–water partition coefficient (Wildman–Crippen LogP) is 1.73. The molecule has 2 amide bonds. The maximum Gasteiger partial charge on any atom is 0.307 e. The van der Waals surface area contributed by atoms with E-state index in [1.165, 1.54) is 6.92 Å². The van der Waals surface area contributed by atoms with Crippen molar-refractivity contribution in [2.75, 3.05) is 11.9 Å². The Hall–Kier alpha value is -2.37. The lowest BCUT2D eigenvalue weighted by atomic mass is 9.95. The van der Waals surface area contributed by atoms with Crippen molar-refractivity contribution in [2.24, 2.45) is 11.8 Å². The average Bonchev–Trinajstić information content (AvgIpc) is 2.46. The molecular formula is C15H20N2O4. The van der Waals surface area contributed by atoms with Gasteiger partial charge in [-0.2, -0.15) is 0 Å². The summed E-state index contributed by atoms with van der Waals surface area (Å²) >= 11 is 0. The van der Waals surface area contributed by atoms with Gasteiger partial charge in [0.15, 0.2) is 0 Å². The Morgan fingerprint density at radius 3 is 2.43 bits per heavy atom. The van der Waals surface area contributed by atoms with E-state index in [0.717, 1.165) is 0 Å². The summed E-state index contributed by atoms with van der Waals surface area (Å²) in [5, 5.41) is 14.2. The molecule has 2 unspecified atom stereocenters. The van der Waals surface area contributed by atoms with E-state index in [1.54, 1.807) is 31.2 Å². The average molecular weight is 292 g/mol. The van der Waals surface area contributed by atoms with Crippen molar-refractivity contribution < 1.29 is 19.5 Å². The summed E-state index contributed by atoms with van der Waals surface area (Å²) in [7, 11) is 0. The van der Waals surface area contributed by atoms with Crippen LogP contribution in [-0.4, -0.2) is 29.4 Å². The van der Waals surface area contributed by atoms with E-state index >= 15 is 0 Å². The molecule has 3 N–H and O–H groups in total. The lowest BCUT2D eigenvalue weighted by molar-refractivity contribution is -0.145. The molecule has 114 valence electrons. The van der Waals surface area contributed by atoms with Crippen molar-refractivity contribution in [1.82, 2.24) is 5.32 Å². The van der Waals surface area contributed by atoms with Crippen LogP contribution >= 0.6 is 0 Å². The highest BCUT2D eigenvalue weighted by molar-refractivity contribution is 5.98. The van der Waals surface area contributed by atoms with Crippen LogP contribution in [0.5, 0.6) is 0 Å². The van der Waals surface area contributed by atoms with Crippen molar-refractivity contribution in [3.05, 3.63) is 29.8 Å². The highest BCUT2D eigenvalue weighted by Crippen LogP contribution is 2.16. The van der Waals surface area contributed by atoms with Crippen LogP contribution in [0.15, 0.2) is 24.3 Å². The van der Waals surface area contributed by atoms with Gasteiger partial charge in [-0.05, 0) is 25.1 Å². The Morgan fingerprint density at radius 1 is 1.19 bits per heavy atom. The minimum atomic E-state index is -1.02. The van der Waals surface area contributed by atoms with Crippen molar-refractivity contribution in [2.45, 2.75) is 20.8 Å². The summed E-state index contributed by atoms with van der Waals surface area (Å²) in [6.07, 6.45) is 0. The molecule has 0 aromatic heterocycles. The lowest BCUT2D eigenvalue weighted by Crippen LogP contribution is -2.30. The van der Waals surface area contributed by atoms with Gasteiger partial charge in [0.2, 0.25) is 5.91 Å². The topological polar surface area (TPSA) is 95.5 Å². The second-order valence-corrected chi connectivity index (χ2v) is 4.85. The van der Waals surface area contributed by atoms with Gasteiger partial charge in [-0.3, -0.25) is 14.4 Å². The number of amides is 2. The molecule has 0 aliphatic carbocycles. The molecular weight excluding hydrogens is 272 g/mol. The summed E-state index contributed by atoms with van der Waals surface area (Å²) in [5.41, 5.74) is 0.904. The third-order valence-corrected chi connectivity index (χ3v) is 3.28. The Bertz CT molecular complexity index is 542. The minimum absolute atomic E-state index is 0.222. The summed E-state index contributed by atoms with van der Waals surface area (Å²) < 4.78 is 0. The minimum Gasteiger partial charge on any atom is -0.481 e. The zero-order valence-electron chi connectivity index (χ0n) is 12.3. The monoisotopic (exact) mass is 292 g/mol. The van der Waals surface area contributed by atoms with E-state index < -0.39 is 23.7 Å². The summed E-state index contributed by atoms with van der Waals surface area (Å²) in [6.45, 7) is 5.38. The molecule has 21 heavy (non-hydrogen) atoms. The number of hydrogen-bond acceptors (Lipinski definition) is 3. The Balaban J connectivity index is 2.79. The predicted molar refractivity (Wildman–Crippen MR) is 79.0 cm³/mol. The summed E-state index contributed by atoms with van der Waals surface area (Å²) in [4.78, 5) is 34.6. The SMILES string of the molecule is CCNC(=O)c1cccc(NC(=O)C(C)C(C)C(=O)O)c1. The van der Waals surface area contributed by atoms with E-state index in [9.17, 15) is 14.4 Å². The van der Waals surface area contributed by atoms with E-state index in [2.05, 4.69) is 10.6 Å². The normalized spacial score (nSPS) is 13.1. The number of carbonyl (C=O) groups excluding carboxylic acids is 2. The van der Waals surface area contributed by atoms with Crippen molar-refractivity contribution in [3.63, 3.8) is 0 Å². The number of hydrogen-bond donors (Lipinski definition) is 3. The van der Waals surface area contributed by atoms with Gasteiger partial charge < -0.3 is 15.7 Å².